The van der Waals surface area contributed by atoms with Gasteiger partial charge in [-0.05, 0) is 50.4 Å². The number of nitrogens with one attached hydrogen (secondary N) is 2. The molecular formula is C29H30N10O. The van der Waals surface area contributed by atoms with E-state index in [2.05, 4.69) is 37.1 Å². The molecule has 5 aromatic heterocycles. The molecule has 7 heterocycles. The second kappa shape index (κ2) is 9.16. The largest absolute Gasteiger partial charge is 0.382 e. The quantitative estimate of drug-likeness (QED) is 0.303. The Bertz CT molecular complexity index is 1730. The highest BCUT2D eigenvalue weighted by Crippen LogP contribution is 2.40. The maximum absolute atomic E-state index is 13.3. The molecule has 2 saturated heterocycles. The molecule has 11 heteroatoms. The van der Waals surface area contributed by atoms with Gasteiger partial charge in [-0.15, -0.1) is 0 Å². The molecule has 2 aliphatic rings. The Morgan fingerprint density at radius 2 is 1.90 bits per heavy atom. The minimum atomic E-state index is -0.406. The first-order chi connectivity index (χ1) is 19.4. The van der Waals surface area contributed by atoms with E-state index in [0.717, 1.165) is 60.3 Å². The molecule has 0 radical (unpaired) electrons. The number of aryl methyl sites for hydroxylation is 1. The van der Waals surface area contributed by atoms with Gasteiger partial charge in [0.2, 0.25) is 0 Å². The van der Waals surface area contributed by atoms with Crippen molar-refractivity contribution < 1.29 is 4.79 Å². The van der Waals surface area contributed by atoms with Gasteiger partial charge in [-0.25, -0.2) is 19.9 Å². The Morgan fingerprint density at radius 1 is 1.05 bits per heavy atom. The number of fused-ring (bicyclic) bond motifs is 1. The number of nitrogen functional groups attached to an aromatic ring is 1. The van der Waals surface area contributed by atoms with Crippen molar-refractivity contribution in [1.82, 2.24) is 39.5 Å². The molecule has 2 fully saturated rings. The van der Waals surface area contributed by atoms with Crippen LogP contribution in [0.1, 0.15) is 21.9 Å². The minimum Gasteiger partial charge on any atom is -0.382 e. The van der Waals surface area contributed by atoms with E-state index >= 15 is 0 Å². The molecule has 0 atom stereocenters. The van der Waals surface area contributed by atoms with Crippen molar-refractivity contribution in [3.63, 3.8) is 0 Å². The lowest BCUT2D eigenvalue weighted by Crippen LogP contribution is -2.71. The summed E-state index contributed by atoms with van der Waals surface area (Å²) in [5.74, 6) is 0.592. The van der Waals surface area contributed by atoms with E-state index in [0.29, 0.717) is 16.8 Å². The van der Waals surface area contributed by atoms with Gasteiger partial charge in [0.05, 0.1) is 17.9 Å². The van der Waals surface area contributed by atoms with Gasteiger partial charge in [-0.3, -0.25) is 4.79 Å². The smallest absolute Gasteiger partial charge is 0.274 e. The van der Waals surface area contributed by atoms with E-state index in [-0.39, 0.29) is 18.1 Å². The molecule has 2 aliphatic heterocycles. The number of rotatable bonds is 6. The summed E-state index contributed by atoms with van der Waals surface area (Å²) in [5, 5.41) is 2.94. The number of carbonyl (C=O) groups is 1. The number of anilines is 2. The number of imidazole rings is 1. The molecule has 11 nitrogen and oxygen atoms in total. The van der Waals surface area contributed by atoms with E-state index in [1.807, 2.05) is 72.4 Å². The van der Waals surface area contributed by atoms with E-state index in [4.69, 9.17) is 15.7 Å². The number of aromatic nitrogens is 6. The molecule has 0 unspecified atom stereocenters. The summed E-state index contributed by atoms with van der Waals surface area (Å²) in [5.41, 5.74) is 12.0. The van der Waals surface area contributed by atoms with E-state index in [1.165, 1.54) is 0 Å². The summed E-state index contributed by atoms with van der Waals surface area (Å²) in [7, 11) is 2.16. The van der Waals surface area contributed by atoms with Crippen LogP contribution in [0, 0.1) is 12.3 Å². The third-order valence-electron chi connectivity index (χ3n) is 7.76. The Morgan fingerprint density at radius 3 is 2.67 bits per heavy atom. The molecule has 202 valence electrons. The molecule has 0 aromatic carbocycles. The van der Waals surface area contributed by atoms with Crippen molar-refractivity contribution in [3.05, 3.63) is 78.1 Å². The number of pyridine rings is 2. The number of amides is 1. The number of hydrogen-bond acceptors (Lipinski definition) is 8. The predicted molar refractivity (Wildman–Crippen MR) is 153 cm³/mol. The molecule has 40 heavy (non-hydrogen) atoms. The van der Waals surface area contributed by atoms with Crippen LogP contribution in [-0.2, 0) is 6.54 Å². The summed E-state index contributed by atoms with van der Waals surface area (Å²) in [4.78, 5) is 39.7. The Kier molecular flexibility index (Phi) is 5.56. The topological polar surface area (TPSA) is 133 Å². The number of hydrogen-bond donors (Lipinski definition) is 3. The zero-order chi connectivity index (χ0) is 27.4. The van der Waals surface area contributed by atoms with Gasteiger partial charge < -0.3 is 30.2 Å². The van der Waals surface area contributed by atoms with Crippen LogP contribution >= 0.6 is 0 Å². The van der Waals surface area contributed by atoms with Gasteiger partial charge in [0.15, 0.2) is 11.5 Å². The Balaban J connectivity index is 1.14. The number of H-pyrrole nitrogens is 1. The zero-order valence-electron chi connectivity index (χ0n) is 22.4. The average molecular weight is 535 g/mol. The first kappa shape index (κ1) is 24.3. The maximum Gasteiger partial charge on any atom is 0.274 e. The van der Waals surface area contributed by atoms with Gasteiger partial charge in [0.25, 0.3) is 5.91 Å². The lowest BCUT2D eigenvalue weighted by molar-refractivity contribution is -0.00281. The summed E-state index contributed by atoms with van der Waals surface area (Å²) in [6.07, 6.45) is 5.57. The second-order valence-corrected chi connectivity index (χ2v) is 11.0. The molecule has 1 amide bonds. The van der Waals surface area contributed by atoms with Gasteiger partial charge in [-0.1, -0.05) is 6.07 Å². The lowest BCUT2D eigenvalue weighted by atomic mass is 9.73. The van der Waals surface area contributed by atoms with Crippen molar-refractivity contribution >= 4 is 23.2 Å². The Hall–Kier alpha value is -4.77. The van der Waals surface area contributed by atoms with E-state index < -0.39 is 5.91 Å². The fourth-order valence-electron chi connectivity index (χ4n) is 5.94. The van der Waals surface area contributed by atoms with Crippen molar-refractivity contribution in [3.8, 4) is 22.6 Å². The van der Waals surface area contributed by atoms with Crippen molar-refractivity contribution in [1.29, 1.82) is 0 Å². The summed E-state index contributed by atoms with van der Waals surface area (Å²) in [6, 6.07) is 13.5. The van der Waals surface area contributed by atoms with Crippen molar-refractivity contribution in [2.75, 3.05) is 43.9 Å². The third-order valence-corrected chi connectivity index (χ3v) is 7.76. The Labute approximate surface area is 231 Å². The summed E-state index contributed by atoms with van der Waals surface area (Å²) >= 11 is 0. The SMILES string of the molecule is Cc1cnc2ccc(-c3nc(C(=O)NCc4cccc(N5CC6(CN(C)C6)C5)n4)c(N)nc3-c3ccc[nH]3)cn12. The van der Waals surface area contributed by atoms with Crippen molar-refractivity contribution in [2.45, 2.75) is 13.5 Å². The van der Waals surface area contributed by atoms with Gasteiger partial charge >= 0.3 is 0 Å². The van der Waals surface area contributed by atoms with Crippen LogP contribution in [-0.4, -0.2) is 73.4 Å². The van der Waals surface area contributed by atoms with Gasteiger partial charge in [-0.2, -0.15) is 0 Å². The molecular weight excluding hydrogens is 504 g/mol. The first-order valence-corrected chi connectivity index (χ1v) is 13.3. The zero-order valence-corrected chi connectivity index (χ0v) is 22.4. The lowest BCUT2D eigenvalue weighted by Gasteiger charge is -2.60. The monoisotopic (exact) mass is 534 g/mol. The fourth-order valence-corrected chi connectivity index (χ4v) is 5.94. The number of nitrogens with two attached hydrogens (primary N) is 1. The summed E-state index contributed by atoms with van der Waals surface area (Å²) < 4.78 is 1.98. The maximum atomic E-state index is 13.3. The highest BCUT2D eigenvalue weighted by Gasteiger charge is 2.50. The molecule has 0 aliphatic carbocycles. The minimum absolute atomic E-state index is 0.0591. The van der Waals surface area contributed by atoms with Crippen LogP contribution < -0.4 is 16.0 Å². The standard InChI is InChI=1S/C29H30N10O/c1-18-11-32-22-9-8-19(13-39(18)22)24-25(21-6-4-10-31-21)36-27(30)26(35-24)28(40)33-12-20-5-3-7-23(34-20)38-16-29(17-38)14-37(2)15-29/h3-11,13,31H,12,14-17H2,1-2H3,(H2,30,36)(H,33,40). The van der Waals surface area contributed by atoms with Crippen LogP contribution in [0.15, 0.2) is 61.1 Å². The van der Waals surface area contributed by atoms with Gasteiger partial charge in [0, 0.05) is 61.4 Å². The number of nitrogens with zero attached hydrogens (tertiary/aromatic N) is 7. The van der Waals surface area contributed by atoms with Crippen LogP contribution in [0.25, 0.3) is 28.3 Å². The molecule has 7 rings (SSSR count). The molecule has 4 N–H and O–H groups in total. The predicted octanol–water partition coefficient (Wildman–Crippen LogP) is 2.75. The molecule has 5 aromatic rings. The first-order valence-electron chi connectivity index (χ1n) is 13.3. The van der Waals surface area contributed by atoms with Gasteiger partial charge in [0.1, 0.15) is 22.9 Å². The number of likely N-dealkylation sites (tertiary alicyclic amines) is 1. The molecule has 1 spiro atoms. The van der Waals surface area contributed by atoms with E-state index in [9.17, 15) is 4.79 Å². The highest BCUT2D eigenvalue weighted by molar-refractivity contribution is 5.97. The normalized spacial score (nSPS) is 16.2. The van der Waals surface area contributed by atoms with Crippen LogP contribution in [0.2, 0.25) is 0 Å². The summed E-state index contributed by atoms with van der Waals surface area (Å²) in [6.45, 7) is 6.56. The average Bonchev–Trinajstić information content (AvgIpc) is 3.59. The van der Waals surface area contributed by atoms with Crippen LogP contribution in [0.4, 0.5) is 11.6 Å². The van der Waals surface area contributed by atoms with E-state index in [1.54, 1.807) is 0 Å². The van der Waals surface area contributed by atoms with Crippen molar-refractivity contribution in [2.24, 2.45) is 5.41 Å². The van der Waals surface area contributed by atoms with Crippen LogP contribution in [0.3, 0.4) is 0 Å². The second-order valence-electron chi connectivity index (χ2n) is 11.0. The molecule has 0 bridgehead atoms. The highest BCUT2D eigenvalue weighted by atomic mass is 16.1. The number of aromatic amines is 1. The molecule has 0 saturated carbocycles. The number of carbonyl (C=O) groups excluding carboxylic acids is 1. The van der Waals surface area contributed by atoms with Crippen LogP contribution in [0.5, 0.6) is 0 Å². The third kappa shape index (κ3) is 4.15. The fraction of sp³-hybridized carbons (Fsp3) is 0.276.